The fraction of sp³-hybridized carbons (Fsp3) is 0.125. The van der Waals surface area contributed by atoms with Gasteiger partial charge < -0.3 is 14.8 Å². The van der Waals surface area contributed by atoms with E-state index in [0.717, 1.165) is 10.9 Å². The highest BCUT2D eigenvalue weighted by molar-refractivity contribution is 6.13. The number of hydrogen-bond acceptors (Lipinski definition) is 5. The predicted octanol–water partition coefficient (Wildman–Crippen LogP) is 4.96. The minimum absolute atomic E-state index is 0.239. The summed E-state index contributed by atoms with van der Waals surface area (Å²) in [5, 5.41) is 3.72. The Labute approximate surface area is 174 Å². The molecule has 0 aliphatic rings. The summed E-state index contributed by atoms with van der Waals surface area (Å²) < 4.78 is 10.9. The third kappa shape index (κ3) is 3.93. The Morgan fingerprint density at radius 1 is 0.967 bits per heavy atom. The summed E-state index contributed by atoms with van der Waals surface area (Å²) in [6, 6.07) is 20.3. The molecular formula is C24H21N3O3. The molecule has 4 rings (SSSR count). The molecule has 6 heteroatoms. The van der Waals surface area contributed by atoms with Gasteiger partial charge in [0.15, 0.2) is 11.5 Å². The van der Waals surface area contributed by atoms with Gasteiger partial charge in [-0.15, -0.1) is 0 Å². The molecule has 2 aromatic heterocycles. The topological polar surface area (TPSA) is 73.3 Å². The van der Waals surface area contributed by atoms with Crippen molar-refractivity contribution < 1.29 is 14.3 Å². The standard InChI is InChI=1S/C24H21N3O3/c1-3-30-22-12-11-16(14-23(22)29-2)26-24(28)18-15-21(20-10-6-7-13-25-20)27-19-9-5-4-8-17(18)19/h4-15H,3H2,1-2H3,(H,26,28). The van der Waals surface area contributed by atoms with E-state index in [1.165, 1.54) is 0 Å². The average molecular weight is 399 g/mol. The fourth-order valence-electron chi connectivity index (χ4n) is 3.23. The third-order valence-electron chi connectivity index (χ3n) is 4.61. The van der Waals surface area contributed by atoms with E-state index in [2.05, 4.69) is 15.3 Å². The summed E-state index contributed by atoms with van der Waals surface area (Å²) >= 11 is 0. The normalized spacial score (nSPS) is 10.6. The number of rotatable bonds is 6. The SMILES string of the molecule is CCOc1ccc(NC(=O)c2cc(-c3ccccn3)nc3ccccc23)cc1OC. The molecule has 4 aromatic rings. The summed E-state index contributed by atoms with van der Waals surface area (Å²) in [7, 11) is 1.57. The maximum atomic E-state index is 13.2. The quantitative estimate of drug-likeness (QED) is 0.496. The smallest absolute Gasteiger partial charge is 0.256 e. The molecule has 0 aliphatic carbocycles. The van der Waals surface area contributed by atoms with Crippen molar-refractivity contribution in [1.82, 2.24) is 9.97 Å². The third-order valence-corrected chi connectivity index (χ3v) is 4.61. The number of anilines is 1. The van der Waals surface area contributed by atoms with Crippen molar-refractivity contribution in [3.8, 4) is 22.9 Å². The number of ether oxygens (including phenoxy) is 2. The highest BCUT2D eigenvalue weighted by Crippen LogP contribution is 2.31. The van der Waals surface area contributed by atoms with Gasteiger partial charge in [0.25, 0.3) is 5.91 Å². The van der Waals surface area contributed by atoms with Gasteiger partial charge >= 0.3 is 0 Å². The highest BCUT2D eigenvalue weighted by Gasteiger charge is 2.15. The van der Waals surface area contributed by atoms with Crippen molar-refractivity contribution in [3.63, 3.8) is 0 Å². The van der Waals surface area contributed by atoms with Crippen LogP contribution in [0.4, 0.5) is 5.69 Å². The van der Waals surface area contributed by atoms with Gasteiger partial charge in [0.1, 0.15) is 0 Å². The Balaban J connectivity index is 1.73. The Kier molecular flexibility index (Phi) is 5.57. The molecule has 0 saturated carbocycles. The molecule has 0 spiro atoms. The van der Waals surface area contributed by atoms with Crippen molar-refractivity contribution in [2.45, 2.75) is 6.92 Å². The number of aromatic nitrogens is 2. The van der Waals surface area contributed by atoms with Crippen LogP contribution in [0.2, 0.25) is 0 Å². The molecule has 0 fully saturated rings. The predicted molar refractivity (Wildman–Crippen MR) is 117 cm³/mol. The molecule has 0 radical (unpaired) electrons. The zero-order chi connectivity index (χ0) is 20.9. The minimum atomic E-state index is -0.239. The van der Waals surface area contributed by atoms with E-state index in [4.69, 9.17) is 9.47 Å². The first-order valence-corrected chi connectivity index (χ1v) is 9.63. The summed E-state index contributed by atoms with van der Waals surface area (Å²) in [5.41, 5.74) is 3.22. The Morgan fingerprint density at radius 2 is 1.80 bits per heavy atom. The highest BCUT2D eigenvalue weighted by atomic mass is 16.5. The molecule has 2 aromatic carbocycles. The number of amides is 1. The van der Waals surface area contributed by atoms with Gasteiger partial charge in [0, 0.05) is 23.3 Å². The van der Waals surface area contributed by atoms with E-state index >= 15 is 0 Å². The molecule has 2 heterocycles. The molecule has 0 saturated heterocycles. The van der Waals surface area contributed by atoms with Gasteiger partial charge in [-0.05, 0) is 43.3 Å². The number of pyridine rings is 2. The molecule has 6 nitrogen and oxygen atoms in total. The van der Waals surface area contributed by atoms with Crippen LogP contribution in [0.15, 0.2) is 72.9 Å². The van der Waals surface area contributed by atoms with Crippen molar-refractivity contribution in [2.75, 3.05) is 19.0 Å². The van der Waals surface area contributed by atoms with E-state index in [-0.39, 0.29) is 5.91 Å². The number of benzene rings is 2. The summed E-state index contributed by atoms with van der Waals surface area (Å²) in [6.07, 6.45) is 1.71. The van der Waals surface area contributed by atoms with Crippen LogP contribution in [-0.2, 0) is 0 Å². The van der Waals surface area contributed by atoms with Crippen LogP contribution in [0.5, 0.6) is 11.5 Å². The van der Waals surface area contributed by atoms with Gasteiger partial charge in [0.05, 0.1) is 36.2 Å². The summed E-state index contributed by atoms with van der Waals surface area (Å²) in [6.45, 7) is 2.43. The van der Waals surface area contributed by atoms with Gasteiger partial charge in [-0.3, -0.25) is 9.78 Å². The van der Waals surface area contributed by atoms with Crippen LogP contribution in [0.3, 0.4) is 0 Å². The lowest BCUT2D eigenvalue weighted by molar-refractivity contribution is 0.102. The van der Waals surface area contributed by atoms with Crippen LogP contribution in [-0.4, -0.2) is 29.6 Å². The van der Waals surface area contributed by atoms with Crippen molar-refractivity contribution in [1.29, 1.82) is 0 Å². The van der Waals surface area contributed by atoms with E-state index in [0.29, 0.717) is 40.7 Å². The number of methoxy groups -OCH3 is 1. The number of carbonyl (C=O) groups is 1. The van der Waals surface area contributed by atoms with E-state index in [1.807, 2.05) is 49.4 Å². The van der Waals surface area contributed by atoms with Crippen LogP contribution >= 0.6 is 0 Å². The molecule has 1 amide bonds. The molecule has 0 aliphatic heterocycles. The second-order valence-electron chi connectivity index (χ2n) is 6.54. The molecular weight excluding hydrogens is 378 g/mol. The number of hydrogen-bond donors (Lipinski definition) is 1. The van der Waals surface area contributed by atoms with Crippen molar-refractivity contribution in [2.24, 2.45) is 0 Å². The number of fused-ring (bicyclic) bond motifs is 1. The van der Waals surface area contributed by atoms with E-state index in [1.54, 1.807) is 37.6 Å². The summed E-state index contributed by atoms with van der Waals surface area (Å²) in [4.78, 5) is 22.2. The lowest BCUT2D eigenvalue weighted by Gasteiger charge is -2.13. The zero-order valence-corrected chi connectivity index (χ0v) is 16.8. The van der Waals surface area contributed by atoms with Gasteiger partial charge in [-0.25, -0.2) is 4.98 Å². The number of nitrogens with zero attached hydrogens (tertiary/aromatic N) is 2. The van der Waals surface area contributed by atoms with E-state index in [9.17, 15) is 4.79 Å². The van der Waals surface area contributed by atoms with Crippen LogP contribution in [0.1, 0.15) is 17.3 Å². The minimum Gasteiger partial charge on any atom is -0.493 e. The molecule has 0 bridgehead atoms. The van der Waals surface area contributed by atoms with Crippen LogP contribution in [0, 0.1) is 0 Å². The molecule has 1 N–H and O–H groups in total. The largest absolute Gasteiger partial charge is 0.493 e. The first kappa shape index (κ1) is 19.4. The number of nitrogens with one attached hydrogen (secondary N) is 1. The average Bonchev–Trinajstić information content (AvgIpc) is 2.80. The van der Waals surface area contributed by atoms with Crippen LogP contribution < -0.4 is 14.8 Å². The number of carbonyl (C=O) groups excluding carboxylic acids is 1. The van der Waals surface area contributed by atoms with Gasteiger partial charge in [0.2, 0.25) is 0 Å². The lowest BCUT2D eigenvalue weighted by atomic mass is 10.1. The molecule has 0 atom stereocenters. The first-order chi connectivity index (χ1) is 14.7. The zero-order valence-electron chi connectivity index (χ0n) is 16.8. The second kappa shape index (κ2) is 8.61. The van der Waals surface area contributed by atoms with Gasteiger partial charge in [-0.2, -0.15) is 0 Å². The molecule has 30 heavy (non-hydrogen) atoms. The first-order valence-electron chi connectivity index (χ1n) is 9.63. The maximum absolute atomic E-state index is 13.2. The Bertz CT molecular complexity index is 1190. The van der Waals surface area contributed by atoms with Crippen molar-refractivity contribution >= 4 is 22.5 Å². The lowest BCUT2D eigenvalue weighted by Crippen LogP contribution is -2.13. The Morgan fingerprint density at radius 3 is 2.57 bits per heavy atom. The Hall–Kier alpha value is -3.93. The monoisotopic (exact) mass is 399 g/mol. The number of para-hydroxylation sites is 1. The molecule has 0 unspecified atom stereocenters. The van der Waals surface area contributed by atoms with Crippen LogP contribution in [0.25, 0.3) is 22.3 Å². The fourth-order valence-corrected chi connectivity index (χ4v) is 3.23. The van der Waals surface area contributed by atoms with E-state index < -0.39 is 0 Å². The summed E-state index contributed by atoms with van der Waals surface area (Å²) in [5.74, 6) is 0.949. The van der Waals surface area contributed by atoms with Crippen molar-refractivity contribution in [3.05, 3.63) is 78.5 Å². The second-order valence-corrected chi connectivity index (χ2v) is 6.54. The van der Waals surface area contributed by atoms with Gasteiger partial charge in [-0.1, -0.05) is 24.3 Å². The molecule has 150 valence electrons. The maximum Gasteiger partial charge on any atom is 0.256 e.